The van der Waals surface area contributed by atoms with Gasteiger partial charge in [0.1, 0.15) is 5.75 Å². The summed E-state index contributed by atoms with van der Waals surface area (Å²) in [5.41, 5.74) is 1.52. The van der Waals surface area contributed by atoms with Gasteiger partial charge in [0, 0.05) is 32.1 Å². The molecule has 1 saturated heterocycles. The number of methoxy groups -OCH3 is 1. The summed E-state index contributed by atoms with van der Waals surface area (Å²) in [4.78, 5) is 20.5. The van der Waals surface area contributed by atoms with Crippen molar-refractivity contribution in [2.75, 3.05) is 25.6 Å². The molecule has 1 aliphatic rings. The molecule has 2 heterocycles. The molecule has 0 spiro atoms. The Morgan fingerprint density at radius 3 is 2.68 bits per heavy atom. The average Bonchev–Trinajstić information content (AvgIpc) is 3.19. The monoisotopic (exact) mass is 342 g/mol. The molecule has 3 rings (SSSR count). The van der Waals surface area contributed by atoms with Gasteiger partial charge in [0.2, 0.25) is 5.95 Å². The van der Waals surface area contributed by atoms with E-state index in [4.69, 9.17) is 9.47 Å². The summed E-state index contributed by atoms with van der Waals surface area (Å²) < 4.78 is 10.6. The Balaban J connectivity index is 1.48. The molecule has 1 unspecified atom stereocenters. The first kappa shape index (κ1) is 17.2. The summed E-state index contributed by atoms with van der Waals surface area (Å²) in [7, 11) is 1.64. The molecule has 1 amide bonds. The van der Waals surface area contributed by atoms with E-state index in [0.717, 1.165) is 30.8 Å². The molecule has 1 atom stereocenters. The lowest BCUT2D eigenvalue weighted by Crippen LogP contribution is -2.31. The highest BCUT2D eigenvalue weighted by Gasteiger charge is 2.16. The summed E-state index contributed by atoms with van der Waals surface area (Å²) in [6, 6.07) is 7.75. The van der Waals surface area contributed by atoms with Crippen LogP contribution in [0.3, 0.4) is 0 Å². The van der Waals surface area contributed by atoms with Gasteiger partial charge in [-0.3, -0.25) is 4.79 Å². The van der Waals surface area contributed by atoms with E-state index in [1.807, 2.05) is 24.3 Å². The maximum Gasteiger partial charge on any atom is 0.254 e. The first-order valence-electron chi connectivity index (χ1n) is 8.33. The van der Waals surface area contributed by atoms with Crippen LogP contribution >= 0.6 is 0 Å². The topological polar surface area (TPSA) is 85.4 Å². The van der Waals surface area contributed by atoms with Crippen LogP contribution in [-0.2, 0) is 11.3 Å². The van der Waals surface area contributed by atoms with E-state index in [1.54, 1.807) is 7.11 Å². The zero-order valence-electron chi connectivity index (χ0n) is 14.2. The van der Waals surface area contributed by atoms with Gasteiger partial charge in [-0.05, 0) is 30.5 Å². The van der Waals surface area contributed by atoms with E-state index in [9.17, 15) is 4.79 Å². The second-order valence-electron chi connectivity index (χ2n) is 5.84. The smallest absolute Gasteiger partial charge is 0.254 e. The summed E-state index contributed by atoms with van der Waals surface area (Å²) in [5.74, 6) is 1.11. The number of carbonyl (C=O) groups is 1. The first-order chi connectivity index (χ1) is 12.2. The predicted molar refractivity (Wildman–Crippen MR) is 93.7 cm³/mol. The molecule has 0 saturated carbocycles. The van der Waals surface area contributed by atoms with Gasteiger partial charge in [0.05, 0.1) is 18.8 Å². The van der Waals surface area contributed by atoms with E-state index in [1.165, 1.54) is 12.4 Å². The van der Waals surface area contributed by atoms with Gasteiger partial charge in [-0.2, -0.15) is 0 Å². The molecule has 1 aliphatic heterocycles. The maximum absolute atomic E-state index is 12.1. The molecule has 0 aliphatic carbocycles. The maximum atomic E-state index is 12.1. The fourth-order valence-corrected chi connectivity index (χ4v) is 2.58. The van der Waals surface area contributed by atoms with E-state index >= 15 is 0 Å². The number of aromatic nitrogens is 2. The summed E-state index contributed by atoms with van der Waals surface area (Å²) in [5, 5.41) is 5.98. The Morgan fingerprint density at radius 2 is 2.04 bits per heavy atom. The van der Waals surface area contributed by atoms with Gasteiger partial charge in [-0.25, -0.2) is 9.97 Å². The number of ether oxygens (including phenoxy) is 2. The van der Waals surface area contributed by atoms with Crippen molar-refractivity contribution in [1.82, 2.24) is 15.3 Å². The van der Waals surface area contributed by atoms with Gasteiger partial charge < -0.3 is 20.1 Å². The van der Waals surface area contributed by atoms with Crippen molar-refractivity contribution in [3.63, 3.8) is 0 Å². The number of nitrogens with zero attached hydrogens (tertiary/aromatic N) is 2. The Hall–Kier alpha value is -2.67. The minimum Gasteiger partial charge on any atom is -0.497 e. The van der Waals surface area contributed by atoms with Crippen LogP contribution in [-0.4, -0.2) is 42.2 Å². The normalized spacial score (nSPS) is 16.4. The largest absolute Gasteiger partial charge is 0.497 e. The van der Waals surface area contributed by atoms with Crippen LogP contribution in [0.25, 0.3) is 0 Å². The molecule has 132 valence electrons. The number of hydrogen-bond donors (Lipinski definition) is 2. The highest BCUT2D eigenvalue weighted by Crippen LogP contribution is 2.13. The Bertz CT molecular complexity index is 682. The molecule has 2 aromatic rings. The molecule has 7 nitrogen and oxygen atoms in total. The SMILES string of the molecule is COc1ccc(CNc2ncc(C(=O)NCC3CCCO3)cn2)cc1. The van der Waals surface area contributed by atoms with Gasteiger partial charge in [0.15, 0.2) is 0 Å². The highest BCUT2D eigenvalue weighted by molar-refractivity contribution is 5.93. The van der Waals surface area contributed by atoms with Crippen molar-refractivity contribution in [3.8, 4) is 5.75 Å². The lowest BCUT2D eigenvalue weighted by Gasteiger charge is -2.10. The molecule has 7 heteroatoms. The van der Waals surface area contributed by atoms with Gasteiger partial charge in [-0.15, -0.1) is 0 Å². The van der Waals surface area contributed by atoms with E-state index < -0.39 is 0 Å². The van der Waals surface area contributed by atoms with E-state index in [2.05, 4.69) is 20.6 Å². The van der Waals surface area contributed by atoms with Crippen molar-refractivity contribution >= 4 is 11.9 Å². The number of carbonyl (C=O) groups excluding carboxylic acids is 1. The lowest BCUT2D eigenvalue weighted by molar-refractivity contribution is 0.0857. The van der Waals surface area contributed by atoms with E-state index in [-0.39, 0.29) is 12.0 Å². The standard InChI is InChI=1S/C18H22N4O3/c1-24-15-6-4-13(5-7-15)9-20-18-21-10-14(11-22-18)17(23)19-12-16-3-2-8-25-16/h4-7,10-11,16H,2-3,8-9,12H2,1H3,(H,19,23)(H,20,21,22). The van der Waals surface area contributed by atoms with Gasteiger partial charge in [-0.1, -0.05) is 12.1 Å². The third-order valence-corrected chi connectivity index (χ3v) is 4.04. The Morgan fingerprint density at radius 1 is 1.28 bits per heavy atom. The van der Waals surface area contributed by atoms with Crippen LogP contribution in [0.1, 0.15) is 28.8 Å². The van der Waals surface area contributed by atoms with Crippen molar-refractivity contribution in [2.45, 2.75) is 25.5 Å². The summed E-state index contributed by atoms with van der Waals surface area (Å²) in [6.07, 6.45) is 5.21. The van der Waals surface area contributed by atoms with Crippen molar-refractivity contribution in [2.24, 2.45) is 0 Å². The number of hydrogen-bond acceptors (Lipinski definition) is 6. The minimum absolute atomic E-state index is 0.121. The lowest BCUT2D eigenvalue weighted by atomic mass is 10.2. The molecular weight excluding hydrogens is 320 g/mol. The van der Waals surface area contributed by atoms with Gasteiger partial charge >= 0.3 is 0 Å². The molecule has 2 N–H and O–H groups in total. The van der Waals surface area contributed by atoms with Crippen LogP contribution in [0.2, 0.25) is 0 Å². The first-order valence-corrected chi connectivity index (χ1v) is 8.33. The van der Waals surface area contributed by atoms with E-state index in [0.29, 0.717) is 24.6 Å². The molecule has 1 aromatic heterocycles. The number of rotatable bonds is 7. The molecule has 25 heavy (non-hydrogen) atoms. The Labute approximate surface area is 146 Å². The second-order valence-corrected chi connectivity index (χ2v) is 5.84. The third-order valence-electron chi connectivity index (χ3n) is 4.04. The molecule has 0 bridgehead atoms. The molecule has 1 fully saturated rings. The van der Waals surface area contributed by atoms with Crippen LogP contribution in [0.4, 0.5) is 5.95 Å². The zero-order chi connectivity index (χ0) is 17.5. The van der Waals surface area contributed by atoms with Crippen LogP contribution < -0.4 is 15.4 Å². The van der Waals surface area contributed by atoms with Crippen LogP contribution in [0.5, 0.6) is 5.75 Å². The summed E-state index contributed by atoms with van der Waals surface area (Å²) >= 11 is 0. The number of anilines is 1. The summed E-state index contributed by atoms with van der Waals surface area (Å²) in [6.45, 7) is 1.89. The quantitative estimate of drug-likeness (QED) is 0.801. The van der Waals surface area contributed by atoms with Crippen LogP contribution in [0.15, 0.2) is 36.7 Å². The van der Waals surface area contributed by atoms with Crippen LogP contribution in [0, 0.1) is 0 Å². The molecular formula is C18H22N4O3. The number of nitrogens with one attached hydrogen (secondary N) is 2. The second kappa shape index (κ2) is 8.43. The molecule has 1 aromatic carbocycles. The zero-order valence-corrected chi connectivity index (χ0v) is 14.2. The Kier molecular flexibility index (Phi) is 5.79. The fraction of sp³-hybridized carbons (Fsp3) is 0.389. The minimum atomic E-state index is -0.183. The average molecular weight is 342 g/mol. The van der Waals surface area contributed by atoms with Gasteiger partial charge in [0.25, 0.3) is 5.91 Å². The third kappa shape index (κ3) is 4.90. The van der Waals surface area contributed by atoms with Crippen molar-refractivity contribution in [3.05, 3.63) is 47.8 Å². The number of amides is 1. The van der Waals surface area contributed by atoms with Crippen molar-refractivity contribution < 1.29 is 14.3 Å². The fourth-order valence-electron chi connectivity index (χ4n) is 2.58. The molecule has 0 radical (unpaired) electrons. The predicted octanol–water partition coefficient (Wildman–Crippen LogP) is 2.01. The highest BCUT2D eigenvalue weighted by atomic mass is 16.5. The van der Waals surface area contributed by atoms with Crippen molar-refractivity contribution in [1.29, 1.82) is 0 Å². The number of benzene rings is 1.